The molecular weight excluding hydrogens is 284 g/mol. The van der Waals surface area contributed by atoms with Gasteiger partial charge in [-0.3, -0.25) is 0 Å². The zero-order valence-electron chi connectivity index (χ0n) is 13.1. The first kappa shape index (κ1) is 14.9. The molecule has 3 aromatic rings. The molecule has 0 unspecified atom stereocenters. The van der Waals surface area contributed by atoms with E-state index in [-0.39, 0.29) is 10.9 Å². The second kappa shape index (κ2) is 6.85. The molecule has 0 fully saturated rings. The lowest BCUT2D eigenvalue weighted by Gasteiger charge is -2.13. The fraction of sp³-hybridized carbons (Fsp3) is 0.143. The van der Waals surface area contributed by atoms with Gasteiger partial charge in [0.15, 0.2) is 14.7 Å². The van der Waals surface area contributed by atoms with Gasteiger partial charge in [0, 0.05) is 5.56 Å². The minimum Gasteiger partial charge on any atom is -0.0619 e. The van der Waals surface area contributed by atoms with E-state index in [9.17, 15) is 0 Å². The second-order valence-electron chi connectivity index (χ2n) is 5.62. The van der Waals surface area contributed by atoms with Crippen LogP contribution in [-0.2, 0) is 10.9 Å². The Kier molecular flexibility index (Phi) is 4.65. The Morgan fingerprint density at radius 3 is 1.55 bits per heavy atom. The third kappa shape index (κ3) is 3.10. The minimum atomic E-state index is -0.0468. The number of benzene rings is 3. The van der Waals surface area contributed by atoms with Crippen LogP contribution in [0.15, 0.2) is 99.6 Å². The average Bonchev–Trinajstić information content (AvgIpc) is 2.57. The van der Waals surface area contributed by atoms with Gasteiger partial charge in [0.1, 0.15) is 0 Å². The third-order valence-electron chi connectivity index (χ3n) is 3.72. The average molecular weight is 305 g/mol. The summed E-state index contributed by atoms with van der Waals surface area (Å²) in [5.74, 6) is 0.527. The first-order valence-electron chi connectivity index (χ1n) is 7.70. The Morgan fingerprint density at radius 2 is 1.05 bits per heavy atom. The molecule has 0 aliphatic heterocycles. The Balaban J connectivity index is 2.19. The van der Waals surface area contributed by atoms with Gasteiger partial charge in [-0.25, -0.2) is 0 Å². The highest BCUT2D eigenvalue weighted by Crippen LogP contribution is 2.35. The van der Waals surface area contributed by atoms with Crippen molar-refractivity contribution in [1.29, 1.82) is 0 Å². The third-order valence-corrected chi connectivity index (χ3v) is 6.02. The van der Waals surface area contributed by atoms with Crippen LogP contribution in [0.2, 0.25) is 0 Å². The van der Waals surface area contributed by atoms with E-state index in [1.165, 1.54) is 20.2 Å². The van der Waals surface area contributed by atoms with E-state index in [0.717, 1.165) is 0 Å². The van der Waals surface area contributed by atoms with Gasteiger partial charge in [-0.1, -0.05) is 68.4 Å². The summed E-state index contributed by atoms with van der Waals surface area (Å²) < 4.78 is 0. The standard InChI is InChI=1S/C21H21S/c1-17(2)20-15-9-10-16-21(20)22(18-11-5-3-6-12-18)19-13-7-4-8-14-19/h3-17H,1-2H3/q+1. The summed E-state index contributed by atoms with van der Waals surface area (Å²) in [6.45, 7) is 4.55. The van der Waals surface area contributed by atoms with Crippen molar-refractivity contribution in [2.75, 3.05) is 0 Å². The molecule has 0 bridgehead atoms. The van der Waals surface area contributed by atoms with Crippen molar-refractivity contribution >= 4 is 10.9 Å². The molecule has 0 atom stereocenters. The summed E-state index contributed by atoms with van der Waals surface area (Å²) in [6, 6.07) is 30.6. The van der Waals surface area contributed by atoms with Crippen molar-refractivity contribution in [3.63, 3.8) is 0 Å². The Morgan fingerprint density at radius 1 is 0.591 bits per heavy atom. The van der Waals surface area contributed by atoms with Gasteiger partial charge in [0.25, 0.3) is 0 Å². The van der Waals surface area contributed by atoms with Gasteiger partial charge in [0.05, 0.1) is 10.9 Å². The number of hydrogen-bond donors (Lipinski definition) is 0. The SMILES string of the molecule is CC(C)c1ccccc1[S+](c1ccccc1)c1ccccc1. The van der Waals surface area contributed by atoms with Gasteiger partial charge < -0.3 is 0 Å². The molecule has 0 amide bonds. The molecule has 0 aliphatic carbocycles. The van der Waals surface area contributed by atoms with Crippen molar-refractivity contribution in [1.82, 2.24) is 0 Å². The van der Waals surface area contributed by atoms with E-state index >= 15 is 0 Å². The smallest absolute Gasteiger partial charge is 0.0619 e. The summed E-state index contributed by atoms with van der Waals surface area (Å²) in [6.07, 6.45) is 0. The molecule has 0 saturated heterocycles. The lowest BCUT2D eigenvalue weighted by Crippen LogP contribution is -2.08. The van der Waals surface area contributed by atoms with Crippen LogP contribution in [0.4, 0.5) is 0 Å². The van der Waals surface area contributed by atoms with E-state index in [1.54, 1.807) is 0 Å². The molecule has 3 aromatic carbocycles. The normalized spacial score (nSPS) is 11.1. The highest BCUT2D eigenvalue weighted by molar-refractivity contribution is 7.97. The maximum absolute atomic E-state index is 2.29. The molecule has 0 aliphatic rings. The molecule has 0 N–H and O–H groups in total. The summed E-state index contributed by atoms with van der Waals surface area (Å²) >= 11 is 0. The minimum absolute atomic E-state index is 0.0468. The maximum atomic E-state index is 2.29. The van der Waals surface area contributed by atoms with Crippen molar-refractivity contribution in [3.8, 4) is 0 Å². The van der Waals surface area contributed by atoms with Crippen molar-refractivity contribution < 1.29 is 0 Å². The highest BCUT2D eigenvalue weighted by atomic mass is 32.2. The molecule has 0 spiro atoms. The Hall–Kier alpha value is -1.99. The monoisotopic (exact) mass is 305 g/mol. The van der Waals surface area contributed by atoms with E-state index in [2.05, 4.69) is 98.8 Å². The van der Waals surface area contributed by atoms with Crippen LogP contribution in [0.25, 0.3) is 0 Å². The van der Waals surface area contributed by atoms with Crippen LogP contribution in [-0.4, -0.2) is 0 Å². The molecule has 0 radical (unpaired) electrons. The predicted octanol–water partition coefficient (Wildman–Crippen LogP) is 5.91. The Bertz CT molecular complexity index is 678. The molecule has 0 saturated carbocycles. The quantitative estimate of drug-likeness (QED) is 0.526. The van der Waals surface area contributed by atoms with Crippen LogP contribution in [0.1, 0.15) is 25.3 Å². The van der Waals surface area contributed by atoms with Crippen molar-refractivity contribution in [2.24, 2.45) is 0 Å². The summed E-state index contributed by atoms with van der Waals surface area (Å²) in [7, 11) is -0.0468. The number of hydrogen-bond acceptors (Lipinski definition) is 0. The molecule has 0 aromatic heterocycles. The molecule has 3 rings (SSSR count). The largest absolute Gasteiger partial charge is 0.170 e. The maximum Gasteiger partial charge on any atom is 0.170 e. The first-order valence-corrected chi connectivity index (χ1v) is 8.93. The van der Waals surface area contributed by atoms with E-state index < -0.39 is 0 Å². The van der Waals surface area contributed by atoms with E-state index in [4.69, 9.17) is 0 Å². The molecular formula is C21H21S+. The second-order valence-corrected chi connectivity index (χ2v) is 7.62. The lowest BCUT2D eigenvalue weighted by atomic mass is 10.0. The van der Waals surface area contributed by atoms with Crippen LogP contribution in [0.5, 0.6) is 0 Å². The van der Waals surface area contributed by atoms with Crippen molar-refractivity contribution in [3.05, 3.63) is 90.5 Å². The summed E-state index contributed by atoms with van der Waals surface area (Å²) in [5.41, 5.74) is 1.44. The van der Waals surface area contributed by atoms with E-state index in [0.29, 0.717) is 5.92 Å². The molecule has 0 nitrogen and oxygen atoms in total. The van der Waals surface area contributed by atoms with Gasteiger partial charge in [-0.15, -0.1) is 0 Å². The van der Waals surface area contributed by atoms with Gasteiger partial charge >= 0.3 is 0 Å². The number of rotatable bonds is 4. The fourth-order valence-corrected chi connectivity index (χ4v) is 5.04. The Labute approximate surface area is 136 Å². The lowest BCUT2D eigenvalue weighted by molar-refractivity contribution is 0.840. The van der Waals surface area contributed by atoms with Crippen LogP contribution >= 0.6 is 0 Å². The van der Waals surface area contributed by atoms with Gasteiger partial charge in [-0.2, -0.15) is 0 Å². The van der Waals surface area contributed by atoms with E-state index in [1.807, 2.05) is 0 Å². The van der Waals surface area contributed by atoms with Crippen LogP contribution in [0.3, 0.4) is 0 Å². The fourth-order valence-electron chi connectivity index (χ4n) is 2.65. The summed E-state index contributed by atoms with van der Waals surface area (Å²) in [4.78, 5) is 4.19. The van der Waals surface area contributed by atoms with Crippen LogP contribution in [0, 0.1) is 0 Å². The highest BCUT2D eigenvalue weighted by Gasteiger charge is 2.31. The summed E-state index contributed by atoms with van der Waals surface area (Å²) in [5, 5.41) is 0. The van der Waals surface area contributed by atoms with Crippen LogP contribution < -0.4 is 0 Å². The molecule has 0 heterocycles. The molecule has 22 heavy (non-hydrogen) atoms. The van der Waals surface area contributed by atoms with Gasteiger partial charge in [0.2, 0.25) is 0 Å². The zero-order chi connectivity index (χ0) is 15.4. The molecule has 110 valence electrons. The predicted molar refractivity (Wildman–Crippen MR) is 95.6 cm³/mol. The molecule has 1 heteroatoms. The zero-order valence-corrected chi connectivity index (χ0v) is 13.9. The van der Waals surface area contributed by atoms with Gasteiger partial charge in [-0.05, 0) is 36.2 Å². The first-order chi connectivity index (χ1) is 10.8. The topological polar surface area (TPSA) is 0 Å². The van der Waals surface area contributed by atoms with Crippen molar-refractivity contribution in [2.45, 2.75) is 34.5 Å².